The molecule has 1 aliphatic carbocycles. The molecule has 24 heavy (non-hydrogen) atoms. The first-order valence-corrected chi connectivity index (χ1v) is 9.77. The molecular weight excluding hydrogens is 386 g/mol. The van der Waals surface area contributed by atoms with Crippen LogP contribution in [0.5, 0.6) is 0 Å². The SMILES string of the molecule is Cc1c(C(C)(C)C)s/c(=N\C(=O)c2cncc(Br)c2)n1CC1CC1. The van der Waals surface area contributed by atoms with E-state index in [1.54, 1.807) is 29.8 Å². The van der Waals surface area contributed by atoms with Crippen LogP contribution >= 0.6 is 27.3 Å². The van der Waals surface area contributed by atoms with E-state index in [0.29, 0.717) is 5.56 Å². The van der Waals surface area contributed by atoms with Crippen molar-refractivity contribution in [2.24, 2.45) is 10.9 Å². The number of pyridine rings is 1. The minimum atomic E-state index is -0.241. The monoisotopic (exact) mass is 407 g/mol. The summed E-state index contributed by atoms with van der Waals surface area (Å²) in [7, 11) is 0. The van der Waals surface area contributed by atoms with Gasteiger partial charge in [0, 0.05) is 34.0 Å². The largest absolute Gasteiger partial charge is 0.320 e. The molecule has 2 aromatic heterocycles. The number of halogens is 1. The van der Waals surface area contributed by atoms with Gasteiger partial charge in [-0.25, -0.2) is 0 Å². The lowest BCUT2D eigenvalue weighted by Gasteiger charge is -2.17. The molecule has 1 amide bonds. The van der Waals surface area contributed by atoms with E-state index < -0.39 is 0 Å². The van der Waals surface area contributed by atoms with E-state index in [0.717, 1.165) is 21.7 Å². The molecule has 0 aliphatic heterocycles. The Labute approximate surface area is 154 Å². The molecule has 0 N–H and O–H groups in total. The van der Waals surface area contributed by atoms with Crippen molar-refractivity contribution in [3.8, 4) is 0 Å². The average Bonchev–Trinajstić information content (AvgIpc) is 3.25. The molecule has 3 rings (SSSR count). The minimum Gasteiger partial charge on any atom is -0.320 e. The predicted molar refractivity (Wildman–Crippen MR) is 100 cm³/mol. The van der Waals surface area contributed by atoms with Gasteiger partial charge in [0.05, 0.1) is 5.56 Å². The van der Waals surface area contributed by atoms with Crippen molar-refractivity contribution in [2.75, 3.05) is 0 Å². The summed E-state index contributed by atoms with van der Waals surface area (Å²) in [6.07, 6.45) is 5.77. The maximum absolute atomic E-state index is 12.6. The first-order chi connectivity index (χ1) is 11.3. The molecule has 2 aromatic rings. The zero-order valence-corrected chi connectivity index (χ0v) is 16.9. The van der Waals surface area contributed by atoms with Gasteiger partial charge in [0.1, 0.15) is 0 Å². The zero-order chi connectivity index (χ0) is 17.5. The summed E-state index contributed by atoms with van der Waals surface area (Å²) in [6.45, 7) is 9.72. The Morgan fingerprint density at radius 3 is 2.71 bits per heavy atom. The van der Waals surface area contributed by atoms with Crippen molar-refractivity contribution >= 4 is 33.2 Å². The van der Waals surface area contributed by atoms with Crippen LogP contribution in [-0.2, 0) is 12.0 Å². The number of hydrogen-bond acceptors (Lipinski definition) is 3. The van der Waals surface area contributed by atoms with E-state index in [1.807, 2.05) is 0 Å². The van der Waals surface area contributed by atoms with Gasteiger partial charge in [0.2, 0.25) is 0 Å². The smallest absolute Gasteiger partial charge is 0.281 e. The number of thiazole rings is 1. The maximum atomic E-state index is 12.6. The van der Waals surface area contributed by atoms with Gasteiger partial charge in [-0.1, -0.05) is 20.8 Å². The van der Waals surface area contributed by atoms with Crippen LogP contribution in [0, 0.1) is 12.8 Å². The summed E-state index contributed by atoms with van der Waals surface area (Å²) in [5, 5.41) is 0. The summed E-state index contributed by atoms with van der Waals surface area (Å²) in [5.74, 6) is 0.489. The quantitative estimate of drug-likeness (QED) is 0.753. The Balaban J connectivity index is 2.06. The highest BCUT2D eigenvalue weighted by atomic mass is 79.9. The van der Waals surface area contributed by atoms with E-state index in [1.165, 1.54) is 23.4 Å². The zero-order valence-electron chi connectivity index (χ0n) is 14.5. The van der Waals surface area contributed by atoms with Crippen LogP contribution in [0.1, 0.15) is 54.5 Å². The van der Waals surface area contributed by atoms with Gasteiger partial charge in [0.15, 0.2) is 4.80 Å². The number of hydrogen-bond donors (Lipinski definition) is 0. The first-order valence-electron chi connectivity index (χ1n) is 8.16. The molecule has 4 nitrogen and oxygen atoms in total. The molecule has 0 aromatic carbocycles. The molecule has 6 heteroatoms. The first kappa shape index (κ1) is 17.5. The third kappa shape index (κ3) is 3.86. The number of rotatable bonds is 3. The standard InChI is InChI=1S/C18H22BrN3OS/c1-11-15(18(2,3)4)24-17(22(11)10-12-5-6-12)21-16(23)13-7-14(19)9-20-8-13/h7-9,12H,5-6,10H2,1-4H3/b21-17-. The Morgan fingerprint density at radius 2 is 2.12 bits per heavy atom. The highest BCUT2D eigenvalue weighted by Crippen LogP contribution is 2.33. The third-order valence-electron chi connectivity index (χ3n) is 4.13. The molecule has 2 heterocycles. The third-order valence-corrected chi connectivity index (χ3v) is 6.17. The van der Waals surface area contributed by atoms with Crippen LogP contribution in [0.2, 0.25) is 0 Å². The highest BCUT2D eigenvalue weighted by Gasteiger charge is 2.27. The van der Waals surface area contributed by atoms with Crippen molar-refractivity contribution in [3.63, 3.8) is 0 Å². The number of amides is 1. The van der Waals surface area contributed by atoms with Crippen LogP contribution in [0.3, 0.4) is 0 Å². The molecule has 1 saturated carbocycles. The summed E-state index contributed by atoms with van der Waals surface area (Å²) in [4.78, 5) is 23.1. The molecule has 128 valence electrons. The van der Waals surface area contributed by atoms with Gasteiger partial charge >= 0.3 is 0 Å². The van der Waals surface area contributed by atoms with Gasteiger partial charge in [-0.05, 0) is 53.1 Å². The van der Waals surface area contributed by atoms with Crippen LogP contribution in [0.4, 0.5) is 0 Å². The van der Waals surface area contributed by atoms with E-state index in [4.69, 9.17) is 0 Å². The van der Waals surface area contributed by atoms with Crippen LogP contribution in [-0.4, -0.2) is 15.5 Å². The lowest BCUT2D eigenvalue weighted by atomic mass is 9.93. The molecule has 0 bridgehead atoms. The van der Waals surface area contributed by atoms with Crippen LogP contribution < -0.4 is 4.80 Å². The fraction of sp³-hybridized carbons (Fsp3) is 0.500. The van der Waals surface area contributed by atoms with E-state index >= 15 is 0 Å². The van der Waals surface area contributed by atoms with Gasteiger partial charge < -0.3 is 4.57 Å². The lowest BCUT2D eigenvalue weighted by molar-refractivity contribution is 0.0997. The Bertz CT molecular complexity index is 841. The molecule has 0 radical (unpaired) electrons. The fourth-order valence-corrected chi connectivity index (χ4v) is 4.28. The Kier molecular flexibility index (Phi) is 4.80. The summed E-state index contributed by atoms with van der Waals surface area (Å²) in [6, 6.07) is 1.76. The molecule has 0 unspecified atom stereocenters. The number of carbonyl (C=O) groups is 1. The second kappa shape index (κ2) is 6.56. The van der Waals surface area contributed by atoms with Crippen LogP contribution in [0.15, 0.2) is 27.9 Å². The average molecular weight is 408 g/mol. The Hall–Kier alpha value is -1.27. The van der Waals surface area contributed by atoms with Gasteiger partial charge in [-0.15, -0.1) is 11.3 Å². The molecule has 0 saturated heterocycles. The second-order valence-electron chi connectivity index (χ2n) is 7.41. The normalized spacial score (nSPS) is 15.8. The van der Waals surface area contributed by atoms with Crippen molar-refractivity contribution in [1.29, 1.82) is 0 Å². The van der Waals surface area contributed by atoms with Crippen LogP contribution in [0.25, 0.3) is 0 Å². The van der Waals surface area contributed by atoms with Crippen molar-refractivity contribution in [1.82, 2.24) is 9.55 Å². The van der Waals surface area contributed by atoms with Gasteiger partial charge in [0.25, 0.3) is 5.91 Å². The van der Waals surface area contributed by atoms with E-state index in [-0.39, 0.29) is 11.3 Å². The molecule has 1 fully saturated rings. The minimum absolute atomic E-state index is 0.0498. The number of aromatic nitrogens is 2. The topological polar surface area (TPSA) is 47.2 Å². The second-order valence-corrected chi connectivity index (χ2v) is 9.31. The van der Waals surface area contributed by atoms with E-state index in [9.17, 15) is 4.79 Å². The van der Waals surface area contributed by atoms with Gasteiger partial charge in [-0.3, -0.25) is 9.78 Å². The number of nitrogens with zero attached hydrogens (tertiary/aromatic N) is 3. The fourth-order valence-electron chi connectivity index (χ4n) is 2.72. The summed E-state index contributed by atoms with van der Waals surface area (Å²) in [5.41, 5.74) is 1.79. The number of carbonyl (C=O) groups excluding carboxylic acids is 1. The molecular formula is C18H22BrN3OS. The van der Waals surface area contributed by atoms with Crippen molar-refractivity contribution in [3.05, 3.63) is 43.9 Å². The van der Waals surface area contributed by atoms with Gasteiger partial charge in [-0.2, -0.15) is 4.99 Å². The summed E-state index contributed by atoms with van der Waals surface area (Å²) >= 11 is 4.99. The molecule has 1 aliphatic rings. The predicted octanol–water partition coefficient (Wildman–Crippen LogP) is 4.46. The van der Waals surface area contributed by atoms with Crippen molar-refractivity contribution in [2.45, 2.75) is 52.5 Å². The Morgan fingerprint density at radius 1 is 1.42 bits per heavy atom. The lowest BCUT2D eigenvalue weighted by Crippen LogP contribution is -2.20. The van der Waals surface area contributed by atoms with Crippen molar-refractivity contribution < 1.29 is 4.79 Å². The highest BCUT2D eigenvalue weighted by molar-refractivity contribution is 9.10. The van der Waals surface area contributed by atoms with E-state index in [2.05, 4.69) is 58.2 Å². The molecule has 0 spiro atoms. The maximum Gasteiger partial charge on any atom is 0.281 e. The summed E-state index contributed by atoms with van der Waals surface area (Å²) < 4.78 is 3.01. The molecule has 0 atom stereocenters.